The molecule has 31 heavy (non-hydrogen) atoms. The molecule has 3 aromatic heterocycles. The summed E-state index contributed by atoms with van der Waals surface area (Å²) in [4.78, 5) is 16.4. The highest BCUT2D eigenvalue weighted by Crippen LogP contribution is 2.60. The number of fused-ring (bicyclic) bond motifs is 1. The van der Waals surface area contributed by atoms with Gasteiger partial charge in [0.15, 0.2) is 0 Å². The Labute approximate surface area is 179 Å². The summed E-state index contributed by atoms with van der Waals surface area (Å²) in [6.07, 6.45) is 10.7. The summed E-state index contributed by atoms with van der Waals surface area (Å²) in [6, 6.07) is 5.81. The molecule has 4 fully saturated rings. The molecule has 3 heterocycles. The number of aromatic nitrogens is 3. The van der Waals surface area contributed by atoms with Crippen LogP contribution in [0, 0.1) is 5.92 Å². The van der Waals surface area contributed by atoms with E-state index in [0.717, 1.165) is 35.9 Å². The fourth-order valence-corrected chi connectivity index (χ4v) is 6.82. The van der Waals surface area contributed by atoms with Gasteiger partial charge in [-0.25, -0.2) is 4.52 Å². The van der Waals surface area contributed by atoms with E-state index in [9.17, 15) is 15.0 Å². The van der Waals surface area contributed by atoms with Gasteiger partial charge in [0.25, 0.3) is 5.91 Å². The molecule has 160 valence electrons. The minimum absolute atomic E-state index is 0.257. The fraction of sp³-hybridized carbons (Fsp3) is 0.435. The minimum atomic E-state index is -0.873. The highest BCUT2D eigenvalue weighted by atomic mass is 16.3. The molecule has 5 N–H and O–H groups in total. The van der Waals surface area contributed by atoms with Crippen molar-refractivity contribution in [1.29, 1.82) is 0 Å². The lowest BCUT2D eigenvalue weighted by Gasteiger charge is -2.63. The van der Waals surface area contributed by atoms with Crippen LogP contribution in [0.15, 0.2) is 43.0 Å². The first kappa shape index (κ1) is 18.8. The Hall–Kier alpha value is -2.97. The van der Waals surface area contributed by atoms with Crippen LogP contribution in [0.3, 0.4) is 0 Å². The Kier molecular flexibility index (Phi) is 3.66. The number of nitrogens with zero attached hydrogens (tertiary/aromatic N) is 3. The third-order valence-corrected chi connectivity index (χ3v) is 7.32. The van der Waals surface area contributed by atoms with Crippen molar-refractivity contribution < 1.29 is 15.0 Å². The molecule has 8 heteroatoms. The van der Waals surface area contributed by atoms with Gasteiger partial charge in [-0.3, -0.25) is 9.78 Å². The van der Waals surface area contributed by atoms with E-state index in [4.69, 9.17) is 5.73 Å². The molecule has 4 aliphatic rings. The van der Waals surface area contributed by atoms with Crippen molar-refractivity contribution in [3.05, 3.63) is 48.5 Å². The van der Waals surface area contributed by atoms with E-state index in [1.54, 1.807) is 16.9 Å². The molecule has 0 radical (unpaired) electrons. The van der Waals surface area contributed by atoms with Crippen LogP contribution >= 0.6 is 0 Å². The average molecular weight is 419 g/mol. The molecular formula is C23H25N5O3. The maximum Gasteiger partial charge on any atom is 0.252 e. The molecule has 0 aliphatic heterocycles. The van der Waals surface area contributed by atoms with Crippen molar-refractivity contribution >= 4 is 17.1 Å². The number of nitrogens with one attached hydrogen (secondary N) is 1. The predicted octanol–water partition coefficient (Wildman–Crippen LogP) is 2.11. The summed E-state index contributed by atoms with van der Waals surface area (Å²) >= 11 is 0. The van der Waals surface area contributed by atoms with Gasteiger partial charge < -0.3 is 21.3 Å². The van der Waals surface area contributed by atoms with E-state index in [1.807, 2.05) is 24.4 Å². The Balaban J connectivity index is 1.48. The van der Waals surface area contributed by atoms with Gasteiger partial charge in [-0.1, -0.05) is 0 Å². The number of anilines is 1. The van der Waals surface area contributed by atoms with Crippen molar-refractivity contribution in [2.45, 2.75) is 55.3 Å². The molecular weight excluding hydrogens is 394 g/mol. The van der Waals surface area contributed by atoms with Crippen molar-refractivity contribution in [2.75, 3.05) is 5.32 Å². The summed E-state index contributed by atoms with van der Waals surface area (Å²) in [5, 5.41) is 30.3. The van der Waals surface area contributed by atoms with Crippen LogP contribution in [0.25, 0.3) is 16.6 Å². The van der Waals surface area contributed by atoms with Crippen LogP contribution in [-0.2, 0) is 0 Å². The smallest absolute Gasteiger partial charge is 0.252 e. The number of primary amides is 1. The van der Waals surface area contributed by atoms with Crippen LogP contribution in [0.5, 0.6) is 0 Å². The van der Waals surface area contributed by atoms with Crippen molar-refractivity contribution in [2.24, 2.45) is 11.7 Å². The lowest BCUT2D eigenvalue weighted by Crippen LogP contribution is -2.68. The molecule has 2 atom stereocenters. The zero-order valence-corrected chi connectivity index (χ0v) is 17.1. The van der Waals surface area contributed by atoms with E-state index in [2.05, 4.69) is 15.4 Å². The first-order valence-corrected chi connectivity index (χ1v) is 10.7. The zero-order chi connectivity index (χ0) is 21.4. The second-order valence-corrected chi connectivity index (χ2v) is 9.95. The monoisotopic (exact) mass is 419 g/mol. The molecule has 4 aliphatic carbocycles. The number of hydrogen-bond acceptors (Lipinski definition) is 6. The zero-order valence-electron chi connectivity index (χ0n) is 17.1. The van der Waals surface area contributed by atoms with E-state index in [-0.39, 0.29) is 5.92 Å². The van der Waals surface area contributed by atoms with Gasteiger partial charge in [0.05, 0.1) is 34.2 Å². The number of aliphatic hydroxyl groups is 2. The highest BCUT2D eigenvalue weighted by molar-refractivity contribution is 6.02. The summed E-state index contributed by atoms with van der Waals surface area (Å²) in [7, 11) is 0. The lowest BCUT2D eigenvalue weighted by atomic mass is 9.49. The Morgan fingerprint density at radius 3 is 2.45 bits per heavy atom. The van der Waals surface area contributed by atoms with Gasteiger partial charge in [-0.15, -0.1) is 0 Å². The van der Waals surface area contributed by atoms with Crippen LogP contribution in [0.1, 0.15) is 48.9 Å². The first-order valence-electron chi connectivity index (χ1n) is 10.7. The number of hydrogen-bond donors (Lipinski definition) is 4. The van der Waals surface area contributed by atoms with Crippen molar-refractivity contribution in [3.8, 4) is 11.1 Å². The molecule has 1 amide bonds. The van der Waals surface area contributed by atoms with E-state index < -0.39 is 22.6 Å². The molecule has 4 saturated carbocycles. The maximum absolute atomic E-state index is 12.3. The largest absolute Gasteiger partial charge is 0.390 e. The average Bonchev–Trinajstić information content (AvgIpc) is 3.10. The molecule has 0 saturated heterocycles. The number of pyridine rings is 1. The second-order valence-electron chi connectivity index (χ2n) is 9.95. The molecule has 3 aromatic rings. The minimum Gasteiger partial charge on any atom is -0.390 e. The first-order chi connectivity index (χ1) is 14.8. The van der Waals surface area contributed by atoms with Gasteiger partial charge >= 0.3 is 0 Å². The van der Waals surface area contributed by atoms with Crippen LogP contribution in [-0.4, -0.2) is 47.5 Å². The SMILES string of the molecule is NC(=O)c1cnn2cc(-c3ccncc3)cc2c1NC12CC3CC(O)(CC(O)(C3)C1)C2. The Morgan fingerprint density at radius 1 is 1.10 bits per heavy atom. The maximum atomic E-state index is 12.3. The molecule has 7 rings (SSSR count). The van der Waals surface area contributed by atoms with E-state index >= 15 is 0 Å². The van der Waals surface area contributed by atoms with Gasteiger partial charge in [0.1, 0.15) is 0 Å². The third kappa shape index (κ3) is 2.93. The topological polar surface area (TPSA) is 126 Å². The molecule has 4 bridgehead atoms. The fourth-order valence-electron chi connectivity index (χ4n) is 6.82. The normalized spacial score (nSPS) is 33.7. The number of carbonyl (C=O) groups excluding carboxylic acids is 1. The van der Waals surface area contributed by atoms with Crippen LogP contribution in [0.2, 0.25) is 0 Å². The number of amides is 1. The second kappa shape index (κ2) is 6.05. The summed E-state index contributed by atoms with van der Waals surface area (Å²) in [6.45, 7) is 0. The molecule has 0 aromatic carbocycles. The highest BCUT2D eigenvalue weighted by Gasteiger charge is 2.63. The van der Waals surface area contributed by atoms with Crippen LogP contribution < -0.4 is 11.1 Å². The summed E-state index contributed by atoms with van der Waals surface area (Å²) < 4.78 is 1.73. The Morgan fingerprint density at radius 2 is 1.81 bits per heavy atom. The van der Waals surface area contributed by atoms with Gasteiger partial charge in [-0.2, -0.15) is 5.10 Å². The summed E-state index contributed by atoms with van der Waals surface area (Å²) in [5.74, 6) is -0.306. The molecule has 8 nitrogen and oxygen atoms in total. The van der Waals surface area contributed by atoms with Crippen LogP contribution in [0.4, 0.5) is 5.69 Å². The lowest BCUT2D eigenvalue weighted by molar-refractivity contribution is -0.200. The van der Waals surface area contributed by atoms with E-state index in [1.165, 1.54) is 6.20 Å². The molecule has 0 spiro atoms. The van der Waals surface area contributed by atoms with Gasteiger partial charge in [0, 0.05) is 36.1 Å². The molecule has 2 unspecified atom stereocenters. The standard InChI is InChI=1S/C23H25N5O3/c24-20(29)17-9-26-28-10-16(15-1-3-25-4-2-15)5-18(28)19(17)27-21-6-14-7-22(30,11-21)13-23(31,8-14)12-21/h1-5,9-10,14,27,30-31H,6-8,11-13H2,(H2,24,29). The number of rotatable bonds is 4. The van der Waals surface area contributed by atoms with Crippen molar-refractivity contribution in [3.63, 3.8) is 0 Å². The quantitative estimate of drug-likeness (QED) is 0.513. The number of nitrogens with two attached hydrogens (primary N) is 1. The predicted molar refractivity (Wildman–Crippen MR) is 114 cm³/mol. The van der Waals surface area contributed by atoms with Gasteiger partial charge in [0.2, 0.25) is 0 Å². The third-order valence-electron chi connectivity index (χ3n) is 7.32. The van der Waals surface area contributed by atoms with Gasteiger partial charge in [-0.05, 0) is 61.8 Å². The number of carbonyl (C=O) groups is 1. The van der Waals surface area contributed by atoms with Crippen molar-refractivity contribution in [1.82, 2.24) is 14.6 Å². The Bertz CT molecular complexity index is 1190. The van der Waals surface area contributed by atoms with E-state index in [0.29, 0.717) is 30.5 Å². The summed E-state index contributed by atoms with van der Waals surface area (Å²) in [5.41, 5.74) is 7.06.